The number of ether oxygens (including phenoxy) is 1. The Morgan fingerprint density at radius 1 is 1.03 bits per heavy atom. The number of nitrogens with zero attached hydrogens (tertiary/aromatic N) is 3. The molecule has 9 nitrogen and oxygen atoms in total. The standard InChI is InChI=1S/C28H33ClN4O5/c1-17-7-9-18(10-8-17)23(34)22-21(30)24(33(31-22)20-13-11-19(29)12-14-20)32(26(37)38-27(2,3)4)16-15-28(5,6)25(35)36/h7-14H,15-16,30H2,1-6H3,(H,35,36). The summed E-state index contributed by atoms with van der Waals surface area (Å²) in [5, 5.41) is 14.7. The van der Waals surface area contributed by atoms with Gasteiger partial charge in [-0.15, -0.1) is 0 Å². The molecule has 3 aromatic rings. The van der Waals surface area contributed by atoms with E-state index in [9.17, 15) is 19.5 Å². The fourth-order valence-electron chi connectivity index (χ4n) is 3.55. The number of carboxylic acid groups (broad SMARTS) is 1. The van der Waals surface area contributed by atoms with Crippen LogP contribution in [0.5, 0.6) is 0 Å². The number of amides is 1. The molecule has 0 saturated carbocycles. The molecule has 1 amide bonds. The number of hydrogen-bond acceptors (Lipinski definition) is 6. The molecule has 10 heteroatoms. The SMILES string of the molecule is Cc1ccc(C(=O)c2nn(-c3ccc(Cl)cc3)c(N(CCC(C)(C)C(=O)O)C(=O)OC(C)(C)C)c2N)cc1. The summed E-state index contributed by atoms with van der Waals surface area (Å²) < 4.78 is 7.03. The van der Waals surface area contributed by atoms with Gasteiger partial charge in [0.25, 0.3) is 0 Å². The maximum absolute atomic E-state index is 13.5. The van der Waals surface area contributed by atoms with Crippen molar-refractivity contribution in [3.8, 4) is 5.69 Å². The molecule has 3 N–H and O–H groups in total. The molecule has 0 saturated heterocycles. The predicted molar refractivity (Wildman–Crippen MR) is 147 cm³/mol. The van der Waals surface area contributed by atoms with Gasteiger partial charge < -0.3 is 15.6 Å². The van der Waals surface area contributed by atoms with Gasteiger partial charge in [0.15, 0.2) is 11.5 Å². The fourth-order valence-corrected chi connectivity index (χ4v) is 3.68. The van der Waals surface area contributed by atoms with E-state index in [2.05, 4.69) is 5.10 Å². The van der Waals surface area contributed by atoms with Gasteiger partial charge in [0.2, 0.25) is 5.78 Å². The van der Waals surface area contributed by atoms with E-state index in [4.69, 9.17) is 22.1 Å². The van der Waals surface area contributed by atoms with Gasteiger partial charge in [-0.3, -0.25) is 14.5 Å². The van der Waals surface area contributed by atoms with Gasteiger partial charge in [-0.05, 0) is 72.2 Å². The van der Waals surface area contributed by atoms with Gasteiger partial charge in [0, 0.05) is 17.1 Å². The second kappa shape index (κ2) is 10.9. The first-order chi connectivity index (χ1) is 17.6. The zero-order chi connectivity index (χ0) is 28.4. The first-order valence-corrected chi connectivity index (χ1v) is 12.5. The molecule has 0 fully saturated rings. The lowest BCUT2D eigenvalue weighted by atomic mass is 9.89. The largest absolute Gasteiger partial charge is 0.481 e. The number of carbonyl (C=O) groups excluding carboxylic acids is 2. The average molecular weight is 541 g/mol. The number of aromatic nitrogens is 2. The number of anilines is 2. The Hall–Kier alpha value is -3.85. The summed E-state index contributed by atoms with van der Waals surface area (Å²) in [6.07, 6.45) is -0.677. The maximum atomic E-state index is 13.5. The Bertz CT molecular complexity index is 1340. The molecule has 0 spiro atoms. The third-order valence-electron chi connectivity index (χ3n) is 5.91. The summed E-state index contributed by atoms with van der Waals surface area (Å²) in [4.78, 5) is 40.0. The number of nitrogens with two attached hydrogens (primary N) is 1. The van der Waals surface area contributed by atoms with Crippen molar-refractivity contribution in [2.75, 3.05) is 17.2 Å². The highest BCUT2D eigenvalue weighted by atomic mass is 35.5. The summed E-state index contributed by atoms with van der Waals surface area (Å²) in [6, 6.07) is 13.6. The van der Waals surface area contributed by atoms with Crippen LogP contribution in [-0.2, 0) is 9.53 Å². The van der Waals surface area contributed by atoms with Crippen LogP contribution in [0.25, 0.3) is 5.69 Å². The highest BCUT2D eigenvalue weighted by Crippen LogP contribution is 2.34. The molecule has 0 atom stereocenters. The number of nitrogen functional groups attached to an aromatic ring is 1. The minimum Gasteiger partial charge on any atom is -0.481 e. The van der Waals surface area contributed by atoms with Crippen molar-refractivity contribution in [3.05, 3.63) is 70.4 Å². The molecule has 0 aliphatic carbocycles. The topological polar surface area (TPSA) is 128 Å². The van der Waals surface area contributed by atoms with E-state index in [1.54, 1.807) is 71.0 Å². The third kappa shape index (κ3) is 6.52. The molecule has 202 valence electrons. The lowest BCUT2D eigenvalue weighted by molar-refractivity contribution is -0.147. The van der Waals surface area contributed by atoms with E-state index >= 15 is 0 Å². The van der Waals surface area contributed by atoms with Gasteiger partial charge in [-0.25, -0.2) is 9.48 Å². The van der Waals surface area contributed by atoms with E-state index in [0.29, 0.717) is 16.3 Å². The minimum atomic E-state index is -1.15. The minimum absolute atomic E-state index is 0.0375. The molecule has 1 heterocycles. The summed E-state index contributed by atoms with van der Waals surface area (Å²) in [5.41, 5.74) is 6.31. The Labute approximate surface area is 227 Å². The first kappa shape index (κ1) is 28.7. The highest BCUT2D eigenvalue weighted by Gasteiger charge is 2.35. The number of aliphatic carboxylic acids is 1. The molecule has 0 bridgehead atoms. The molecule has 0 aliphatic heterocycles. The normalized spacial score (nSPS) is 11.8. The molecule has 0 radical (unpaired) electrons. The van der Waals surface area contributed by atoms with Crippen molar-refractivity contribution >= 4 is 41.0 Å². The van der Waals surface area contributed by atoms with Gasteiger partial charge in [0.05, 0.1) is 11.1 Å². The van der Waals surface area contributed by atoms with Gasteiger partial charge in [0.1, 0.15) is 11.3 Å². The summed E-state index contributed by atoms with van der Waals surface area (Å²) in [5.74, 6) is -1.35. The number of carboxylic acids is 1. The number of halogens is 1. The van der Waals surface area contributed by atoms with Crippen LogP contribution in [0, 0.1) is 12.3 Å². The van der Waals surface area contributed by atoms with Crippen molar-refractivity contribution in [2.24, 2.45) is 5.41 Å². The van der Waals surface area contributed by atoms with Crippen LogP contribution in [0.3, 0.4) is 0 Å². The number of carbonyl (C=O) groups is 3. The van der Waals surface area contributed by atoms with Crippen LogP contribution in [0.15, 0.2) is 48.5 Å². The Kier molecular flexibility index (Phi) is 8.21. The second-order valence-electron chi connectivity index (χ2n) is 10.7. The van der Waals surface area contributed by atoms with Gasteiger partial charge in [-0.1, -0.05) is 41.4 Å². The van der Waals surface area contributed by atoms with Crippen molar-refractivity contribution in [3.63, 3.8) is 0 Å². The molecular formula is C28H33ClN4O5. The van der Waals surface area contributed by atoms with Crippen molar-refractivity contribution in [2.45, 2.75) is 53.6 Å². The number of hydrogen-bond donors (Lipinski definition) is 2. The summed E-state index contributed by atoms with van der Waals surface area (Å²) >= 11 is 6.09. The molecule has 3 rings (SSSR count). The monoisotopic (exact) mass is 540 g/mol. The zero-order valence-electron chi connectivity index (χ0n) is 22.4. The van der Waals surface area contributed by atoms with Gasteiger partial charge in [-0.2, -0.15) is 5.10 Å². The Morgan fingerprint density at radius 3 is 2.13 bits per heavy atom. The smallest absolute Gasteiger partial charge is 0.416 e. The summed E-state index contributed by atoms with van der Waals surface area (Å²) in [7, 11) is 0. The van der Waals surface area contributed by atoms with E-state index in [-0.39, 0.29) is 30.2 Å². The average Bonchev–Trinajstić information content (AvgIpc) is 3.15. The van der Waals surface area contributed by atoms with Crippen LogP contribution in [0.1, 0.15) is 62.7 Å². The lowest BCUT2D eigenvalue weighted by Crippen LogP contribution is -2.41. The lowest BCUT2D eigenvalue weighted by Gasteiger charge is -2.30. The Morgan fingerprint density at radius 2 is 1.61 bits per heavy atom. The van der Waals surface area contributed by atoms with Gasteiger partial charge >= 0.3 is 12.1 Å². The van der Waals surface area contributed by atoms with Crippen LogP contribution >= 0.6 is 11.6 Å². The van der Waals surface area contributed by atoms with Crippen LogP contribution in [0.4, 0.5) is 16.3 Å². The molecule has 2 aromatic carbocycles. The number of benzene rings is 2. The third-order valence-corrected chi connectivity index (χ3v) is 6.16. The molecular weight excluding hydrogens is 508 g/mol. The van der Waals surface area contributed by atoms with E-state index in [1.807, 2.05) is 19.1 Å². The van der Waals surface area contributed by atoms with Crippen molar-refractivity contribution < 1.29 is 24.2 Å². The second-order valence-corrected chi connectivity index (χ2v) is 11.2. The highest BCUT2D eigenvalue weighted by molar-refractivity contribution is 6.30. The molecule has 1 aromatic heterocycles. The Balaban J connectivity index is 2.21. The van der Waals surface area contributed by atoms with Crippen LogP contribution in [0.2, 0.25) is 5.02 Å². The predicted octanol–water partition coefficient (Wildman–Crippen LogP) is 5.89. The number of rotatable bonds is 8. The van der Waals surface area contributed by atoms with E-state index in [1.165, 1.54) is 9.58 Å². The van der Waals surface area contributed by atoms with E-state index in [0.717, 1.165) is 5.56 Å². The fraction of sp³-hybridized carbons (Fsp3) is 0.357. The van der Waals surface area contributed by atoms with E-state index < -0.39 is 28.9 Å². The number of aryl methyl sites for hydroxylation is 1. The van der Waals surface area contributed by atoms with Crippen LogP contribution < -0.4 is 10.6 Å². The van der Waals surface area contributed by atoms with Crippen LogP contribution in [-0.4, -0.2) is 44.9 Å². The summed E-state index contributed by atoms with van der Waals surface area (Å²) in [6.45, 7) is 10.1. The first-order valence-electron chi connectivity index (χ1n) is 12.1. The quantitative estimate of drug-likeness (QED) is 0.341. The van der Waals surface area contributed by atoms with Crippen molar-refractivity contribution in [1.82, 2.24) is 9.78 Å². The maximum Gasteiger partial charge on any atom is 0.416 e. The number of ketones is 1. The molecule has 0 aliphatic rings. The van der Waals surface area contributed by atoms with Crippen molar-refractivity contribution in [1.29, 1.82) is 0 Å². The molecule has 38 heavy (non-hydrogen) atoms. The molecule has 0 unspecified atom stereocenters. The zero-order valence-corrected chi connectivity index (χ0v) is 23.2.